The topological polar surface area (TPSA) is 29.5 Å². The molecule has 36 heavy (non-hydrogen) atoms. The first-order valence-electron chi connectivity index (χ1n) is 15.0. The highest BCUT2D eigenvalue weighted by molar-refractivity contribution is 6.74. The molecule has 1 unspecified atom stereocenters. The lowest BCUT2D eigenvalue weighted by atomic mass is 9.60. The summed E-state index contributed by atoms with van der Waals surface area (Å²) in [5, 5.41) is 10.4. The molecule has 2 nitrogen and oxygen atoms in total. The van der Waals surface area contributed by atoms with E-state index < -0.39 is 13.9 Å². The minimum atomic E-state index is -1.75. The van der Waals surface area contributed by atoms with Crippen molar-refractivity contribution < 1.29 is 9.53 Å². The van der Waals surface area contributed by atoms with Crippen LogP contribution in [0.2, 0.25) is 18.1 Å². The highest BCUT2D eigenvalue weighted by Gasteiger charge is 2.50. The average Bonchev–Trinajstić information content (AvgIpc) is 3.09. The molecule has 3 rings (SSSR count). The van der Waals surface area contributed by atoms with Gasteiger partial charge in [-0.15, -0.1) is 0 Å². The molecule has 206 valence electrons. The molecule has 3 heteroatoms. The van der Waals surface area contributed by atoms with E-state index in [2.05, 4.69) is 66.4 Å². The second kappa shape index (κ2) is 11.2. The van der Waals surface area contributed by atoms with E-state index in [-0.39, 0.29) is 5.04 Å². The molecule has 0 aromatic carbocycles. The Hall–Kier alpha value is -0.643. The van der Waals surface area contributed by atoms with Crippen LogP contribution in [0, 0.1) is 23.2 Å². The molecule has 0 amide bonds. The monoisotopic (exact) mass is 514 g/mol. The lowest BCUT2D eigenvalue weighted by molar-refractivity contribution is 0.0596. The number of aliphatic hydroxyl groups is 1. The van der Waals surface area contributed by atoms with Gasteiger partial charge in [0.2, 0.25) is 0 Å². The van der Waals surface area contributed by atoms with Crippen molar-refractivity contribution in [2.75, 3.05) is 0 Å². The predicted octanol–water partition coefficient (Wildman–Crippen LogP) is 9.76. The SMILES string of the molecule is C=C1CC[C@H](O[Si](C)(C)C(C)(C)C)C/C1=C\C=C1/CCC[C@@]2(C)C1CC[C@@H]2[C@H](C)CCCC(C)(C)O. The Morgan fingerprint density at radius 1 is 1.11 bits per heavy atom. The van der Waals surface area contributed by atoms with Crippen molar-refractivity contribution in [3.05, 3.63) is 35.5 Å². The summed E-state index contributed by atoms with van der Waals surface area (Å²) in [6, 6.07) is 0. The van der Waals surface area contributed by atoms with Crippen LogP contribution in [0.15, 0.2) is 35.5 Å². The molecule has 0 aliphatic heterocycles. The van der Waals surface area contributed by atoms with Crippen LogP contribution in [-0.4, -0.2) is 25.1 Å². The molecule has 0 aromatic rings. The Morgan fingerprint density at radius 3 is 2.44 bits per heavy atom. The fraction of sp³-hybridized carbons (Fsp3) is 0.818. The lowest BCUT2D eigenvalue weighted by Crippen LogP contribution is -2.44. The Kier molecular flexibility index (Phi) is 9.33. The van der Waals surface area contributed by atoms with Gasteiger partial charge in [0.25, 0.3) is 0 Å². The number of hydrogen-bond acceptors (Lipinski definition) is 2. The molecule has 0 radical (unpaired) electrons. The third-order valence-corrected chi connectivity index (χ3v) is 15.1. The van der Waals surface area contributed by atoms with Crippen molar-refractivity contribution in [1.82, 2.24) is 0 Å². The zero-order chi connectivity index (χ0) is 26.9. The third-order valence-electron chi connectivity index (χ3n) is 10.6. The van der Waals surface area contributed by atoms with Gasteiger partial charge in [0.05, 0.1) is 5.60 Å². The van der Waals surface area contributed by atoms with E-state index in [0.717, 1.165) is 49.9 Å². The minimum absolute atomic E-state index is 0.254. The van der Waals surface area contributed by atoms with Crippen LogP contribution in [0.25, 0.3) is 0 Å². The molecular weight excluding hydrogens is 456 g/mol. The Balaban J connectivity index is 1.69. The molecule has 3 saturated carbocycles. The van der Waals surface area contributed by atoms with Crippen LogP contribution in [0.1, 0.15) is 119 Å². The molecule has 3 fully saturated rings. The van der Waals surface area contributed by atoms with E-state index >= 15 is 0 Å². The Bertz CT molecular complexity index is 837. The Morgan fingerprint density at radius 2 is 1.81 bits per heavy atom. The first kappa shape index (κ1) is 29.9. The van der Waals surface area contributed by atoms with Gasteiger partial charge >= 0.3 is 0 Å². The molecule has 0 aromatic heterocycles. The molecule has 3 aliphatic rings. The van der Waals surface area contributed by atoms with E-state index in [9.17, 15) is 5.11 Å². The number of rotatable bonds is 8. The van der Waals surface area contributed by atoms with Gasteiger partial charge in [-0.3, -0.25) is 0 Å². The molecule has 0 saturated heterocycles. The second-order valence-corrected chi connectivity index (χ2v) is 19.8. The van der Waals surface area contributed by atoms with Crippen molar-refractivity contribution in [3.8, 4) is 0 Å². The lowest BCUT2D eigenvalue weighted by Gasteiger charge is -2.44. The van der Waals surface area contributed by atoms with Crippen LogP contribution >= 0.6 is 0 Å². The molecular formula is C33H58O2Si. The van der Waals surface area contributed by atoms with E-state index in [0.29, 0.717) is 11.5 Å². The summed E-state index contributed by atoms with van der Waals surface area (Å²) in [4.78, 5) is 0. The summed E-state index contributed by atoms with van der Waals surface area (Å²) in [7, 11) is -1.75. The van der Waals surface area contributed by atoms with E-state index in [1.807, 2.05) is 13.8 Å². The molecule has 0 heterocycles. The Labute approximate surface area is 225 Å². The maximum absolute atomic E-state index is 10.1. The standard InChI is InChI=1S/C33H58O2Si/c1-24-15-18-28(35-36(9,10)31(3,4)5)23-27(24)17-16-26-14-12-22-33(8)29(19-20-30(26)33)25(2)13-11-21-32(6,7)34/h16-17,25,28-30,34H,1,11-15,18-23H2,2-10H3/b26-16+,27-17+/t25-,28+,29-,30?,33-/m1/s1. The number of fused-ring (bicyclic) bond motifs is 1. The molecule has 3 aliphatic carbocycles. The van der Waals surface area contributed by atoms with Crippen LogP contribution in [0.4, 0.5) is 0 Å². The van der Waals surface area contributed by atoms with Crippen molar-refractivity contribution >= 4 is 8.32 Å². The third kappa shape index (κ3) is 7.06. The highest BCUT2D eigenvalue weighted by Crippen LogP contribution is 2.60. The highest BCUT2D eigenvalue weighted by atomic mass is 28.4. The molecule has 1 N–H and O–H groups in total. The summed E-state index contributed by atoms with van der Waals surface area (Å²) < 4.78 is 6.81. The van der Waals surface area contributed by atoms with E-state index in [1.165, 1.54) is 49.7 Å². The zero-order valence-electron chi connectivity index (χ0n) is 25.3. The van der Waals surface area contributed by atoms with E-state index in [4.69, 9.17) is 4.43 Å². The fourth-order valence-corrected chi connectivity index (χ4v) is 8.74. The summed E-state index contributed by atoms with van der Waals surface area (Å²) in [5.41, 5.74) is 4.36. The van der Waals surface area contributed by atoms with Gasteiger partial charge in [-0.1, -0.05) is 77.3 Å². The summed E-state index contributed by atoms with van der Waals surface area (Å²) in [6.07, 6.45) is 18.5. The van der Waals surface area contributed by atoms with Gasteiger partial charge in [0.15, 0.2) is 8.32 Å². The zero-order valence-corrected chi connectivity index (χ0v) is 26.3. The van der Waals surface area contributed by atoms with Crippen molar-refractivity contribution in [2.24, 2.45) is 23.2 Å². The maximum atomic E-state index is 10.1. The predicted molar refractivity (Wildman–Crippen MR) is 159 cm³/mol. The van der Waals surface area contributed by atoms with Gasteiger partial charge < -0.3 is 9.53 Å². The second-order valence-electron chi connectivity index (χ2n) is 15.1. The van der Waals surface area contributed by atoms with Crippen LogP contribution in [0.3, 0.4) is 0 Å². The normalized spacial score (nSPS) is 33.3. The summed E-state index contributed by atoms with van der Waals surface area (Å²) in [6.45, 7) is 25.2. The molecule has 0 bridgehead atoms. The van der Waals surface area contributed by atoms with Crippen LogP contribution in [0.5, 0.6) is 0 Å². The smallest absolute Gasteiger partial charge is 0.192 e. The van der Waals surface area contributed by atoms with E-state index in [1.54, 1.807) is 5.57 Å². The summed E-state index contributed by atoms with van der Waals surface area (Å²) in [5.74, 6) is 2.29. The van der Waals surface area contributed by atoms with Gasteiger partial charge in [-0.25, -0.2) is 0 Å². The van der Waals surface area contributed by atoms with Crippen molar-refractivity contribution in [1.29, 1.82) is 0 Å². The van der Waals surface area contributed by atoms with Gasteiger partial charge in [-0.05, 0) is 119 Å². The first-order chi connectivity index (χ1) is 16.5. The first-order valence-corrected chi connectivity index (χ1v) is 17.9. The van der Waals surface area contributed by atoms with Crippen LogP contribution in [-0.2, 0) is 4.43 Å². The number of allylic oxidation sites excluding steroid dienone is 4. The largest absolute Gasteiger partial charge is 0.414 e. The van der Waals surface area contributed by atoms with Crippen molar-refractivity contribution in [3.63, 3.8) is 0 Å². The van der Waals surface area contributed by atoms with Gasteiger partial charge in [0.1, 0.15) is 0 Å². The molecule has 0 spiro atoms. The molecule has 5 atom stereocenters. The van der Waals surface area contributed by atoms with Crippen LogP contribution < -0.4 is 0 Å². The average molecular weight is 515 g/mol. The fourth-order valence-electron chi connectivity index (χ4n) is 7.35. The minimum Gasteiger partial charge on any atom is -0.414 e. The summed E-state index contributed by atoms with van der Waals surface area (Å²) >= 11 is 0. The van der Waals surface area contributed by atoms with Gasteiger partial charge in [-0.2, -0.15) is 0 Å². The number of hydrogen-bond donors (Lipinski definition) is 1. The quantitative estimate of drug-likeness (QED) is 0.327. The van der Waals surface area contributed by atoms with Crippen molar-refractivity contribution in [2.45, 2.75) is 149 Å². The van der Waals surface area contributed by atoms with Gasteiger partial charge in [0, 0.05) is 6.10 Å². The maximum Gasteiger partial charge on any atom is 0.192 e.